The second-order valence-corrected chi connectivity index (χ2v) is 8.01. The number of piperidine rings is 1. The van der Waals surface area contributed by atoms with Crippen LogP contribution in [0.4, 0.5) is 5.69 Å². The Morgan fingerprint density at radius 2 is 1.83 bits per heavy atom. The molecule has 1 heterocycles. The topological polar surface area (TPSA) is 87.5 Å². The minimum absolute atomic E-state index is 0.141. The van der Waals surface area contributed by atoms with Crippen LogP contribution in [0, 0.1) is 5.92 Å². The van der Waals surface area contributed by atoms with Crippen LogP contribution in [0.3, 0.4) is 0 Å². The number of carbonyl (C=O) groups is 2. The van der Waals surface area contributed by atoms with Crippen molar-refractivity contribution in [2.45, 2.75) is 32.7 Å². The molecule has 2 aromatic rings. The lowest BCUT2D eigenvalue weighted by Crippen LogP contribution is -2.34. The SMILES string of the molecule is CC(=O)Nc1cc(C(=O)NCCN)ccc1CN1CCC(Cc2ccccc2)CC1. The van der Waals surface area contributed by atoms with Gasteiger partial charge in [0.25, 0.3) is 5.91 Å². The van der Waals surface area contributed by atoms with E-state index in [1.54, 1.807) is 6.07 Å². The Morgan fingerprint density at radius 1 is 1.10 bits per heavy atom. The molecule has 0 radical (unpaired) electrons. The van der Waals surface area contributed by atoms with Crippen molar-refractivity contribution in [2.75, 3.05) is 31.5 Å². The summed E-state index contributed by atoms with van der Waals surface area (Å²) < 4.78 is 0. The summed E-state index contributed by atoms with van der Waals surface area (Å²) in [6.45, 7) is 5.14. The number of rotatable bonds is 8. The van der Waals surface area contributed by atoms with Gasteiger partial charge in [0.2, 0.25) is 5.91 Å². The molecule has 1 aliphatic heterocycles. The van der Waals surface area contributed by atoms with E-state index in [1.807, 2.05) is 12.1 Å². The fraction of sp³-hybridized carbons (Fsp3) is 0.417. The summed E-state index contributed by atoms with van der Waals surface area (Å²) in [7, 11) is 0. The zero-order valence-corrected chi connectivity index (χ0v) is 17.7. The van der Waals surface area contributed by atoms with Gasteiger partial charge >= 0.3 is 0 Å². The molecule has 0 unspecified atom stereocenters. The van der Waals surface area contributed by atoms with Crippen molar-refractivity contribution in [3.05, 3.63) is 65.2 Å². The van der Waals surface area contributed by atoms with Crippen LogP contribution in [0.15, 0.2) is 48.5 Å². The molecule has 0 saturated carbocycles. The number of anilines is 1. The molecule has 2 aromatic carbocycles. The average molecular weight is 409 g/mol. The van der Waals surface area contributed by atoms with Crippen molar-refractivity contribution in [1.29, 1.82) is 0 Å². The highest BCUT2D eigenvalue weighted by Gasteiger charge is 2.21. The zero-order chi connectivity index (χ0) is 21.3. The summed E-state index contributed by atoms with van der Waals surface area (Å²) in [5, 5.41) is 5.65. The molecule has 6 heteroatoms. The van der Waals surface area contributed by atoms with E-state index in [1.165, 1.54) is 25.3 Å². The molecule has 2 amide bonds. The molecule has 3 rings (SSSR count). The Bertz CT molecular complexity index is 846. The quantitative estimate of drug-likeness (QED) is 0.627. The van der Waals surface area contributed by atoms with E-state index in [0.717, 1.165) is 31.6 Å². The van der Waals surface area contributed by atoms with Crippen molar-refractivity contribution in [1.82, 2.24) is 10.2 Å². The minimum atomic E-state index is -0.180. The summed E-state index contributed by atoms with van der Waals surface area (Å²) in [4.78, 5) is 26.4. The minimum Gasteiger partial charge on any atom is -0.351 e. The first-order valence-corrected chi connectivity index (χ1v) is 10.7. The number of hydrogen-bond donors (Lipinski definition) is 3. The molecule has 6 nitrogen and oxygen atoms in total. The van der Waals surface area contributed by atoms with Crippen LogP contribution >= 0.6 is 0 Å². The lowest BCUT2D eigenvalue weighted by molar-refractivity contribution is -0.114. The highest BCUT2D eigenvalue weighted by Crippen LogP contribution is 2.25. The van der Waals surface area contributed by atoms with Gasteiger partial charge in [0.05, 0.1) is 0 Å². The summed E-state index contributed by atoms with van der Waals surface area (Å²) in [6.07, 6.45) is 3.48. The third kappa shape index (κ3) is 6.40. The van der Waals surface area contributed by atoms with E-state index < -0.39 is 0 Å². The normalized spacial score (nSPS) is 15.0. The van der Waals surface area contributed by atoms with E-state index in [2.05, 4.69) is 45.9 Å². The fourth-order valence-corrected chi connectivity index (χ4v) is 3.99. The Hall–Kier alpha value is -2.70. The van der Waals surface area contributed by atoms with Gasteiger partial charge in [-0.3, -0.25) is 14.5 Å². The molecule has 160 valence electrons. The van der Waals surface area contributed by atoms with Gasteiger partial charge in [0.15, 0.2) is 0 Å². The van der Waals surface area contributed by atoms with Crippen LogP contribution in [-0.2, 0) is 17.8 Å². The number of carbonyl (C=O) groups excluding carboxylic acids is 2. The third-order valence-electron chi connectivity index (χ3n) is 5.58. The van der Waals surface area contributed by atoms with Crippen molar-refractivity contribution in [3.8, 4) is 0 Å². The maximum absolute atomic E-state index is 12.2. The number of benzene rings is 2. The Morgan fingerprint density at radius 3 is 2.50 bits per heavy atom. The largest absolute Gasteiger partial charge is 0.351 e. The molecule has 0 aromatic heterocycles. The summed E-state index contributed by atoms with van der Waals surface area (Å²) in [6, 6.07) is 16.2. The van der Waals surface area contributed by atoms with Crippen LogP contribution in [0.25, 0.3) is 0 Å². The van der Waals surface area contributed by atoms with Crippen LogP contribution < -0.4 is 16.4 Å². The molecular weight excluding hydrogens is 376 g/mol. The van der Waals surface area contributed by atoms with Crippen molar-refractivity contribution >= 4 is 17.5 Å². The number of hydrogen-bond acceptors (Lipinski definition) is 4. The maximum atomic E-state index is 12.2. The first kappa shape index (κ1) is 22.0. The van der Waals surface area contributed by atoms with E-state index in [9.17, 15) is 9.59 Å². The van der Waals surface area contributed by atoms with Gasteiger partial charge in [-0.2, -0.15) is 0 Å². The van der Waals surface area contributed by atoms with Gasteiger partial charge < -0.3 is 16.4 Å². The van der Waals surface area contributed by atoms with E-state index in [4.69, 9.17) is 5.73 Å². The van der Waals surface area contributed by atoms with Gasteiger partial charge in [-0.25, -0.2) is 0 Å². The molecular formula is C24H32N4O2. The maximum Gasteiger partial charge on any atom is 0.251 e. The molecule has 4 N–H and O–H groups in total. The molecule has 0 bridgehead atoms. The van der Waals surface area contributed by atoms with Gasteiger partial charge in [-0.05, 0) is 61.5 Å². The van der Waals surface area contributed by atoms with Gasteiger partial charge in [-0.15, -0.1) is 0 Å². The van der Waals surface area contributed by atoms with Crippen molar-refractivity contribution in [2.24, 2.45) is 11.7 Å². The monoisotopic (exact) mass is 408 g/mol. The first-order valence-electron chi connectivity index (χ1n) is 10.7. The van der Waals surface area contributed by atoms with E-state index in [0.29, 0.717) is 30.3 Å². The lowest BCUT2D eigenvalue weighted by Gasteiger charge is -2.32. The second-order valence-electron chi connectivity index (χ2n) is 8.01. The molecule has 1 saturated heterocycles. The van der Waals surface area contributed by atoms with Crippen molar-refractivity contribution < 1.29 is 9.59 Å². The average Bonchev–Trinajstić information content (AvgIpc) is 2.75. The number of likely N-dealkylation sites (tertiary alicyclic amines) is 1. The van der Waals surface area contributed by atoms with Crippen molar-refractivity contribution in [3.63, 3.8) is 0 Å². The Kier molecular flexibility index (Phi) is 7.99. The standard InChI is InChI=1S/C24H32N4O2/c1-18(29)27-23-16-21(24(30)26-12-11-25)7-8-22(23)17-28-13-9-20(10-14-28)15-19-5-3-2-4-6-19/h2-8,16,20H,9-15,17,25H2,1H3,(H,26,30)(H,27,29). The van der Waals surface area contributed by atoms with Gasteiger partial charge in [0, 0.05) is 37.8 Å². The summed E-state index contributed by atoms with van der Waals surface area (Å²) in [5.74, 6) is 0.393. The molecule has 0 aliphatic carbocycles. The predicted octanol–water partition coefficient (Wildman–Crippen LogP) is 2.79. The third-order valence-corrected chi connectivity index (χ3v) is 5.58. The summed E-state index contributed by atoms with van der Waals surface area (Å²) in [5.41, 5.74) is 9.12. The molecule has 1 fully saturated rings. The van der Waals surface area contributed by atoms with E-state index >= 15 is 0 Å². The summed E-state index contributed by atoms with van der Waals surface area (Å²) >= 11 is 0. The smallest absolute Gasteiger partial charge is 0.251 e. The van der Waals surface area contributed by atoms with Gasteiger partial charge in [-0.1, -0.05) is 36.4 Å². The zero-order valence-electron chi connectivity index (χ0n) is 17.7. The number of amides is 2. The van der Waals surface area contributed by atoms with Crippen LogP contribution in [0.1, 0.15) is 41.3 Å². The first-order chi connectivity index (χ1) is 14.5. The molecule has 1 aliphatic rings. The number of nitrogens with two attached hydrogens (primary N) is 1. The fourth-order valence-electron chi connectivity index (χ4n) is 3.99. The second kappa shape index (κ2) is 10.9. The number of nitrogens with zero attached hydrogens (tertiary/aromatic N) is 1. The number of nitrogens with one attached hydrogen (secondary N) is 2. The predicted molar refractivity (Wildman–Crippen MR) is 120 cm³/mol. The molecule has 0 spiro atoms. The van der Waals surface area contributed by atoms with E-state index in [-0.39, 0.29) is 11.8 Å². The Labute approximate surface area is 178 Å². The Balaban J connectivity index is 1.61. The van der Waals surface area contributed by atoms with Crippen LogP contribution in [-0.4, -0.2) is 42.9 Å². The van der Waals surface area contributed by atoms with Gasteiger partial charge in [0.1, 0.15) is 0 Å². The molecule has 30 heavy (non-hydrogen) atoms. The van der Waals surface area contributed by atoms with Crippen LogP contribution in [0.5, 0.6) is 0 Å². The highest BCUT2D eigenvalue weighted by atomic mass is 16.2. The highest BCUT2D eigenvalue weighted by molar-refractivity contribution is 5.97. The lowest BCUT2D eigenvalue weighted by atomic mass is 9.90. The van der Waals surface area contributed by atoms with Crippen LogP contribution in [0.2, 0.25) is 0 Å². The molecule has 0 atom stereocenters.